The molecule has 120 valence electrons. The van der Waals surface area contributed by atoms with Crippen LogP contribution in [0.3, 0.4) is 0 Å². The van der Waals surface area contributed by atoms with Crippen molar-refractivity contribution in [1.82, 2.24) is 0 Å². The van der Waals surface area contributed by atoms with Gasteiger partial charge in [0.2, 0.25) is 0 Å². The summed E-state index contributed by atoms with van der Waals surface area (Å²) >= 11 is 3.30. The van der Waals surface area contributed by atoms with Gasteiger partial charge in [0, 0.05) is 10.2 Å². The summed E-state index contributed by atoms with van der Waals surface area (Å²) in [5, 5.41) is 2.79. The summed E-state index contributed by atoms with van der Waals surface area (Å²) in [7, 11) is 0. The number of carbonyl (C=O) groups excluding carboxylic acids is 2. The summed E-state index contributed by atoms with van der Waals surface area (Å²) in [6.07, 6.45) is -0.888. The summed E-state index contributed by atoms with van der Waals surface area (Å²) < 4.78 is 6.00. The van der Waals surface area contributed by atoms with Gasteiger partial charge in [0.15, 0.2) is 6.10 Å². The third-order valence-corrected chi connectivity index (χ3v) is 3.86. The van der Waals surface area contributed by atoms with Crippen LogP contribution in [0, 0.1) is 13.8 Å². The molecule has 0 aromatic heterocycles. The molecule has 0 heterocycles. The maximum Gasteiger partial charge on any atom is 0.338 e. The van der Waals surface area contributed by atoms with Crippen molar-refractivity contribution in [2.45, 2.75) is 26.9 Å². The number of hydrogen-bond acceptors (Lipinski definition) is 3. The van der Waals surface area contributed by atoms with Crippen molar-refractivity contribution in [3.05, 3.63) is 63.6 Å². The second-order valence-electron chi connectivity index (χ2n) is 5.37. The highest BCUT2D eigenvalue weighted by molar-refractivity contribution is 9.10. The van der Waals surface area contributed by atoms with Gasteiger partial charge in [-0.1, -0.05) is 34.1 Å². The van der Waals surface area contributed by atoms with E-state index in [9.17, 15) is 9.59 Å². The second kappa shape index (κ2) is 7.42. The normalized spacial score (nSPS) is 11.7. The van der Waals surface area contributed by atoms with Gasteiger partial charge >= 0.3 is 5.97 Å². The van der Waals surface area contributed by atoms with E-state index in [1.165, 1.54) is 0 Å². The van der Waals surface area contributed by atoms with Crippen LogP contribution in [0.25, 0.3) is 0 Å². The van der Waals surface area contributed by atoms with Gasteiger partial charge in [0.05, 0.1) is 5.56 Å². The molecule has 0 radical (unpaired) electrons. The first kappa shape index (κ1) is 17.2. The lowest BCUT2D eigenvalue weighted by molar-refractivity contribution is -0.123. The predicted molar refractivity (Wildman–Crippen MR) is 93.6 cm³/mol. The molecule has 0 saturated carbocycles. The van der Waals surface area contributed by atoms with E-state index in [0.717, 1.165) is 21.3 Å². The van der Waals surface area contributed by atoms with Crippen LogP contribution in [0.15, 0.2) is 46.9 Å². The lowest BCUT2D eigenvalue weighted by Crippen LogP contribution is -2.30. The average Bonchev–Trinajstić information content (AvgIpc) is 2.50. The Morgan fingerprint density at radius 3 is 2.57 bits per heavy atom. The molecule has 0 saturated heterocycles. The number of esters is 1. The molecule has 23 heavy (non-hydrogen) atoms. The molecule has 0 aliphatic carbocycles. The molecule has 5 heteroatoms. The van der Waals surface area contributed by atoms with Crippen LogP contribution in [0.4, 0.5) is 5.69 Å². The first-order valence-corrected chi connectivity index (χ1v) is 8.01. The van der Waals surface area contributed by atoms with Gasteiger partial charge in [-0.3, -0.25) is 4.79 Å². The van der Waals surface area contributed by atoms with E-state index in [2.05, 4.69) is 21.2 Å². The van der Waals surface area contributed by atoms with E-state index in [0.29, 0.717) is 5.56 Å². The smallest absolute Gasteiger partial charge is 0.338 e. The molecule has 1 unspecified atom stereocenters. The van der Waals surface area contributed by atoms with E-state index in [4.69, 9.17) is 4.74 Å². The van der Waals surface area contributed by atoms with Crippen LogP contribution in [0.5, 0.6) is 0 Å². The number of benzene rings is 2. The number of amides is 1. The van der Waals surface area contributed by atoms with Gasteiger partial charge < -0.3 is 10.1 Å². The standard InChI is InChI=1S/C18H18BrNO3/c1-11-7-8-12(2)16(9-11)20-17(21)13(3)23-18(22)14-5-4-6-15(19)10-14/h4-10,13H,1-3H3,(H,20,21). The molecule has 0 fully saturated rings. The molecule has 1 atom stereocenters. The van der Waals surface area contributed by atoms with E-state index in [1.54, 1.807) is 25.1 Å². The van der Waals surface area contributed by atoms with Gasteiger partial charge in [0.25, 0.3) is 5.91 Å². The predicted octanol–water partition coefficient (Wildman–Crippen LogP) is 4.25. The zero-order chi connectivity index (χ0) is 17.0. The van der Waals surface area contributed by atoms with Crippen LogP contribution in [-0.4, -0.2) is 18.0 Å². The molecule has 1 N–H and O–H groups in total. The highest BCUT2D eigenvalue weighted by Crippen LogP contribution is 2.17. The van der Waals surface area contributed by atoms with Crippen molar-refractivity contribution in [3.63, 3.8) is 0 Å². The topological polar surface area (TPSA) is 55.4 Å². The highest BCUT2D eigenvalue weighted by atomic mass is 79.9. The maximum absolute atomic E-state index is 12.2. The Hall–Kier alpha value is -2.14. The Balaban J connectivity index is 2.02. The summed E-state index contributed by atoms with van der Waals surface area (Å²) in [6.45, 7) is 5.41. The summed E-state index contributed by atoms with van der Waals surface area (Å²) in [4.78, 5) is 24.3. The SMILES string of the molecule is Cc1ccc(C)c(NC(=O)C(C)OC(=O)c2cccc(Br)c2)c1. The monoisotopic (exact) mass is 375 g/mol. The minimum Gasteiger partial charge on any atom is -0.449 e. The van der Waals surface area contributed by atoms with Crippen molar-refractivity contribution < 1.29 is 14.3 Å². The van der Waals surface area contributed by atoms with Gasteiger partial charge in [0.1, 0.15) is 0 Å². The molecule has 2 aromatic carbocycles. The highest BCUT2D eigenvalue weighted by Gasteiger charge is 2.19. The van der Waals surface area contributed by atoms with E-state index in [-0.39, 0.29) is 5.91 Å². The van der Waals surface area contributed by atoms with Crippen molar-refractivity contribution in [2.24, 2.45) is 0 Å². The molecule has 1 amide bonds. The molecular weight excluding hydrogens is 358 g/mol. The third-order valence-electron chi connectivity index (χ3n) is 3.36. The molecule has 4 nitrogen and oxygen atoms in total. The molecule has 0 aliphatic heterocycles. The fourth-order valence-electron chi connectivity index (χ4n) is 2.00. The Morgan fingerprint density at radius 2 is 1.87 bits per heavy atom. The van der Waals surface area contributed by atoms with Crippen molar-refractivity contribution in [1.29, 1.82) is 0 Å². The Kier molecular flexibility index (Phi) is 5.55. The minimum absolute atomic E-state index is 0.359. The molecule has 0 spiro atoms. The average molecular weight is 376 g/mol. The van der Waals surface area contributed by atoms with Crippen molar-refractivity contribution in [3.8, 4) is 0 Å². The fourth-order valence-corrected chi connectivity index (χ4v) is 2.40. The van der Waals surface area contributed by atoms with Crippen LogP contribution >= 0.6 is 15.9 Å². The molecule has 0 aliphatic rings. The third kappa shape index (κ3) is 4.66. The van der Waals surface area contributed by atoms with E-state index >= 15 is 0 Å². The summed E-state index contributed by atoms with van der Waals surface area (Å²) in [5.74, 6) is -0.892. The number of aryl methyl sites for hydroxylation is 2. The summed E-state index contributed by atoms with van der Waals surface area (Å²) in [5.41, 5.74) is 3.12. The van der Waals surface area contributed by atoms with Crippen molar-refractivity contribution >= 4 is 33.5 Å². The molecule has 2 aromatic rings. The van der Waals surface area contributed by atoms with Crippen LogP contribution in [0.2, 0.25) is 0 Å². The van der Waals surface area contributed by atoms with Gasteiger partial charge in [-0.15, -0.1) is 0 Å². The number of carbonyl (C=O) groups is 2. The van der Waals surface area contributed by atoms with Gasteiger partial charge in [-0.2, -0.15) is 0 Å². The van der Waals surface area contributed by atoms with E-state index in [1.807, 2.05) is 38.1 Å². The maximum atomic E-state index is 12.2. The van der Waals surface area contributed by atoms with E-state index < -0.39 is 12.1 Å². The minimum atomic E-state index is -0.888. The van der Waals surface area contributed by atoms with Crippen LogP contribution in [-0.2, 0) is 9.53 Å². The molecular formula is C18H18BrNO3. The zero-order valence-electron chi connectivity index (χ0n) is 13.2. The Labute approximate surface area is 144 Å². The number of anilines is 1. The first-order valence-electron chi connectivity index (χ1n) is 7.21. The molecule has 2 rings (SSSR count). The number of hydrogen-bond donors (Lipinski definition) is 1. The van der Waals surface area contributed by atoms with Crippen molar-refractivity contribution in [2.75, 3.05) is 5.32 Å². The van der Waals surface area contributed by atoms with Gasteiger partial charge in [-0.05, 0) is 56.2 Å². The zero-order valence-corrected chi connectivity index (χ0v) is 14.8. The second-order valence-corrected chi connectivity index (χ2v) is 6.28. The lowest BCUT2D eigenvalue weighted by atomic mass is 10.1. The molecule has 0 bridgehead atoms. The quantitative estimate of drug-likeness (QED) is 0.812. The number of halogens is 1. The van der Waals surface area contributed by atoms with Gasteiger partial charge in [-0.25, -0.2) is 4.79 Å². The fraction of sp³-hybridized carbons (Fsp3) is 0.222. The number of nitrogens with one attached hydrogen (secondary N) is 1. The summed E-state index contributed by atoms with van der Waals surface area (Å²) in [6, 6.07) is 12.6. The number of ether oxygens (including phenoxy) is 1. The first-order chi connectivity index (χ1) is 10.9. The van der Waals surface area contributed by atoms with Crippen LogP contribution < -0.4 is 5.32 Å². The Morgan fingerprint density at radius 1 is 1.13 bits per heavy atom. The number of rotatable bonds is 4. The largest absolute Gasteiger partial charge is 0.449 e. The van der Waals surface area contributed by atoms with Crippen LogP contribution in [0.1, 0.15) is 28.4 Å². The Bertz CT molecular complexity index is 743. The lowest BCUT2D eigenvalue weighted by Gasteiger charge is -2.15.